The van der Waals surface area contributed by atoms with Crippen LogP contribution in [0.1, 0.15) is 11.3 Å². The first-order valence-electron chi connectivity index (χ1n) is 7.85. The van der Waals surface area contributed by atoms with E-state index in [2.05, 4.69) is 10.3 Å². The molecule has 4 aromatic rings. The van der Waals surface area contributed by atoms with Gasteiger partial charge in [0.05, 0.1) is 6.26 Å². The van der Waals surface area contributed by atoms with Gasteiger partial charge in [-0.05, 0) is 42.0 Å². The monoisotopic (exact) mass is 328 g/mol. The molecular weight excluding hydrogens is 316 g/mol. The van der Waals surface area contributed by atoms with Gasteiger partial charge in [-0.1, -0.05) is 24.3 Å². The van der Waals surface area contributed by atoms with Crippen molar-refractivity contribution < 1.29 is 13.6 Å². The lowest BCUT2D eigenvalue weighted by atomic mass is 10.1. The van der Waals surface area contributed by atoms with Crippen LogP contribution in [-0.4, -0.2) is 11.7 Å². The lowest BCUT2D eigenvalue weighted by Crippen LogP contribution is -2.24. The molecule has 5 nitrogen and oxygen atoms in total. The van der Waals surface area contributed by atoms with Crippen LogP contribution in [0.5, 0.6) is 0 Å². The van der Waals surface area contributed by atoms with E-state index < -0.39 is 0 Å². The highest BCUT2D eigenvalue weighted by atomic mass is 16.3. The van der Waals surface area contributed by atoms with Crippen molar-refractivity contribution in [3.63, 3.8) is 0 Å². The van der Waals surface area contributed by atoms with E-state index in [1.165, 1.54) is 0 Å². The minimum absolute atomic E-state index is 0.247. The molecule has 120 valence electrons. The Balaban J connectivity index is 1.60. The number of carbonyl (C=O) groups is 1. The van der Waals surface area contributed by atoms with Crippen LogP contribution in [0.2, 0.25) is 0 Å². The Labute approximate surface area is 142 Å². The second-order valence-electron chi connectivity index (χ2n) is 5.78. The largest absolute Gasteiger partial charge is 0.461 e. The van der Waals surface area contributed by atoms with E-state index in [0.29, 0.717) is 17.3 Å². The second kappa shape index (κ2) is 5.21. The molecule has 0 fully saturated rings. The maximum Gasteiger partial charge on any atom is 0.275 e. The molecule has 1 amide bonds. The summed E-state index contributed by atoms with van der Waals surface area (Å²) in [5, 5.41) is 4.78. The first-order valence-corrected chi connectivity index (χ1v) is 7.85. The molecule has 0 saturated heterocycles. The smallest absolute Gasteiger partial charge is 0.275 e. The van der Waals surface area contributed by atoms with Gasteiger partial charge in [-0.2, -0.15) is 0 Å². The zero-order chi connectivity index (χ0) is 16.8. The van der Waals surface area contributed by atoms with Gasteiger partial charge in [0, 0.05) is 10.8 Å². The maximum atomic E-state index is 12.2. The van der Waals surface area contributed by atoms with Gasteiger partial charge >= 0.3 is 0 Å². The van der Waals surface area contributed by atoms with Crippen LogP contribution >= 0.6 is 0 Å². The molecule has 3 heterocycles. The highest BCUT2D eigenvalue weighted by molar-refractivity contribution is 6.19. The van der Waals surface area contributed by atoms with Crippen molar-refractivity contribution in [3.05, 3.63) is 77.9 Å². The Hall–Kier alpha value is -3.60. The van der Waals surface area contributed by atoms with Gasteiger partial charge in [0.2, 0.25) is 0 Å². The van der Waals surface area contributed by atoms with Gasteiger partial charge in [-0.25, -0.2) is 4.99 Å². The topological polar surface area (TPSA) is 67.7 Å². The summed E-state index contributed by atoms with van der Waals surface area (Å²) in [5.41, 5.74) is 2.89. The Morgan fingerprint density at radius 1 is 0.960 bits per heavy atom. The number of nitrogens with one attached hydrogen (secondary N) is 1. The number of amides is 1. The van der Waals surface area contributed by atoms with Crippen LogP contribution in [0.25, 0.3) is 28.0 Å². The van der Waals surface area contributed by atoms with Gasteiger partial charge in [-0.3, -0.25) is 4.79 Å². The predicted molar refractivity (Wildman–Crippen MR) is 95.1 cm³/mol. The Morgan fingerprint density at radius 3 is 2.72 bits per heavy atom. The maximum absolute atomic E-state index is 12.2. The normalized spacial score (nSPS) is 15.9. The average molecular weight is 328 g/mol. The van der Waals surface area contributed by atoms with E-state index in [0.717, 1.165) is 27.5 Å². The molecule has 0 bridgehead atoms. The van der Waals surface area contributed by atoms with E-state index >= 15 is 0 Å². The summed E-state index contributed by atoms with van der Waals surface area (Å²) in [6.07, 6.45) is 3.30. The SMILES string of the molecule is O=C1NC(c2ccco2)=N/C1=C\c1ccc2oc3ccccc3c2c1. The number of para-hydroxylation sites is 1. The van der Waals surface area contributed by atoms with E-state index in [4.69, 9.17) is 8.83 Å². The van der Waals surface area contributed by atoms with Crippen molar-refractivity contribution >= 4 is 39.8 Å². The number of rotatable bonds is 2. The molecule has 0 aliphatic carbocycles. The molecule has 0 radical (unpaired) electrons. The van der Waals surface area contributed by atoms with E-state index in [1.54, 1.807) is 24.5 Å². The first kappa shape index (κ1) is 13.8. The van der Waals surface area contributed by atoms with Crippen molar-refractivity contribution in [2.24, 2.45) is 4.99 Å². The van der Waals surface area contributed by atoms with Gasteiger partial charge in [0.25, 0.3) is 5.91 Å². The third-order valence-electron chi connectivity index (χ3n) is 4.16. The number of carbonyl (C=O) groups excluding carboxylic acids is 1. The highest BCUT2D eigenvalue weighted by Crippen LogP contribution is 2.30. The fourth-order valence-electron chi connectivity index (χ4n) is 2.99. The van der Waals surface area contributed by atoms with E-state index in [-0.39, 0.29) is 5.91 Å². The third-order valence-corrected chi connectivity index (χ3v) is 4.16. The summed E-state index contributed by atoms with van der Waals surface area (Å²) >= 11 is 0. The van der Waals surface area contributed by atoms with Gasteiger partial charge in [0.1, 0.15) is 16.9 Å². The summed E-state index contributed by atoms with van der Waals surface area (Å²) in [6, 6.07) is 17.2. The molecule has 5 heteroatoms. The molecule has 0 unspecified atom stereocenters. The van der Waals surface area contributed by atoms with Crippen LogP contribution in [0.3, 0.4) is 0 Å². The number of benzene rings is 2. The molecule has 1 aliphatic heterocycles. The van der Waals surface area contributed by atoms with Crippen molar-refractivity contribution in [2.75, 3.05) is 0 Å². The molecule has 1 aliphatic rings. The number of nitrogens with zero attached hydrogens (tertiary/aromatic N) is 1. The molecule has 25 heavy (non-hydrogen) atoms. The van der Waals surface area contributed by atoms with Crippen molar-refractivity contribution in [2.45, 2.75) is 0 Å². The van der Waals surface area contributed by atoms with Crippen molar-refractivity contribution in [3.8, 4) is 0 Å². The van der Waals surface area contributed by atoms with E-state index in [9.17, 15) is 4.79 Å². The van der Waals surface area contributed by atoms with Crippen molar-refractivity contribution in [1.82, 2.24) is 5.32 Å². The lowest BCUT2D eigenvalue weighted by Gasteiger charge is -1.96. The molecule has 2 aromatic heterocycles. The van der Waals surface area contributed by atoms with Gasteiger partial charge < -0.3 is 14.2 Å². The number of aliphatic imine (C=N–C) groups is 1. The predicted octanol–water partition coefficient (Wildman–Crippen LogP) is 4.10. The minimum Gasteiger partial charge on any atom is -0.461 e. The van der Waals surface area contributed by atoms with Crippen LogP contribution in [0.15, 0.2) is 80.4 Å². The first-order chi connectivity index (χ1) is 12.3. The zero-order valence-corrected chi connectivity index (χ0v) is 13.0. The molecular formula is C20H12N2O3. The zero-order valence-electron chi connectivity index (χ0n) is 13.0. The second-order valence-corrected chi connectivity index (χ2v) is 5.78. The quantitative estimate of drug-likeness (QED) is 0.563. The van der Waals surface area contributed by atoms with Crippen LogP contribution in [0.4, 0.5) is 0 Å². The summed E-state index contributed by atoms with van der Waals surface area (Å²) in [6.45, 7) is 0. The van der Waals surface area contributed by atoms with Gasteiger partial charge in [-0.15, -0.1) is 0 Å². The highest BCUT2D eigenvalue weighted by Gasteiger charge is 2.22. The summed E-state index contributed by atoms with van der Waals surface area (Å²) in [7, 11) is 0. The number of furan rings is 2. The lowest BCUT2D eigenvalue weighted by molar-refractivity contribution is -0.115. The molecule has 0 spiro atoms. The average Bonchev–Trinajstić information content (AvgIpc) is 3.34. The third kappa shape index (κ3) is 2.25. The summed E-state index contributed by atoms with van der Waals surface area (Å²) in [4.78, 5) is 16.5. The Morgan fingerprint density at radius 2 is 1.84 bits per heavy atom. The van der Waals surface area contributed by atoms with E-state index in [1.807, 2.05) is 42.5 Å². The van der Waals surface area contributed by atoms with Crippen molar-refractivity contribution in [1.29, 1.82) is 0 Å². The Kier molecular flexibility index (Phi) is 2.87. The summed E-state index contributed by atoms with van der Waals surface area (Å²) in [5.74, 6) is 0.715. The molecule has 5 rings (SSSR count). The number of hydrogen-bond acceptors (Lipinski definition) is 4. The summed E-state index contributed by atoms with van der Waals surface area (Å²) < 4.78 is 11.1. The molecule has 0 saturated carbocycles. The van der Waals surface area contributed by atoms with Crippen LogP contribution in [0, 0.1) is 0 Å². The molecule has 1 N–H and O–H groups in total. The molecule has 0 atom stereocenters. The Bertz CT molecular complexity index is 1180. The number of fused-ring (bicyclic) bond motifs is 3. The standard InChI is InChI=1S/C20H12N2O3/c23-20-15(21-19(22-20)18-6-3-9-24-18)11-12-7-8-17-14(10-12)13-4-1-2-5-16(13)25-17/h1-11H,(H,21,22,23)/b15-11-. The molecule has 2 aromatic carbocycles. The van der Waals surface area contributed by atoms with Crippen LogP contribution in [-0.2, 0) is 4.79 Å². The van der Waals surface area contributed by atoms with Gasteiger partial charge in [0.15, 0.2) is 11.6 Å². The fraction of sp³-hybridized carbons (Fsp3) is 0. The number of hydrogen-bond donors (Lipinski definition) is 1. The fourth-order valence-corrected chi connectivity index (χ4v) is 2.99. The number of amidine groups is 1. The van der Waals surface area contributed by atoms with Crippen LogP contribution < -0.4 is 5.32 Å². The minimum atomic E-state index is -0.247.